The van der Waals surface area contributed by atoms with Gasteiger partial charge in [0, 0.05) is 12.0 Å². The van der Waals surface area contributed by atoms with Crippen LogP contribution in [0.15, 0.2) is 60.7 Å². The minimum absolute atomic E-state index is 0.0377. The van der Waals surface area contributed by atoms with Gasteiger partial charge < -0.3 is 29.2 Å². The molecule has 37 heavy (non-hydrogen) atoms. The molecule has 8 heteroatoms. The number of ether oxygens (including phenoxy) is 4. The molecule has 0 aromatic heterocycles. The zero-order chi connectivity index (χ0) is 26.7. The van der Waals surface area contributed by atoms with Crippen LogP contribution in [-0.2, 0) is 18.9 Å². The minimum atomic E-state index is -0.922. The molecular formula is C29H32O8. The molecule has 0 saturated carbocycles. The number of aromatic hydroxyl groups is 2. The largest absolute Gasteiger partial charge is 0.508 e. The van der Waals surface area contributed by atoms with Gasteiger partial charge in [0.2, 0.25) is 0 Å². The van der Waals surface area contributed by atoms with Crippen LogP contribution in [0.5, 0.6) is 11.5 Å². The van der Waals surface area contributed by atoms with Gasteiger partial charge in [-0.25, -0.2) is 9.59 Å². The quantitative estimate of drug-likeness (QED) is 0.431. The first kappa shape index (κ1) is 26.4. The standard InChI is InChI=1S/C29H32O8/c1-17-13-14-23(35-27(32)19-9-6-5-7-10-19)26-24(36-29(3,4)37-26)12-8-11-20-15-21(30)16-22(31)25(20)28(33)34-18(17)2/h5-11,13-18,23-24,26,30-31H,12H2,1-4H3/b11-8+,14-13-/t17-,18+,23?,24+,26-/m1/s1. The number of phenols is 2. The van der Waals surface area contributed by atoms with Gasteiger partial charge in [-0.3, -0.25) is 0 Å². The lowest BCUT2D eigenvalue weighted by Gasteiger charge is -2.25. The topological polar surface area (TPSA) is 112 Å². The smallest absolute Gasteiger partial charge is 0.342 e. The summed E-state index contributed by atoms with van der Waals surface area (Å²) in [6.45, 7) is 7.18. The van der Waals surface area contributed by atoms with Gasteiger partial charge in [-0.1, -0.05) is 43.4 Å². The Morgan fingerprint density at radius 2 is 1.78 bits per heavy atom. The molecule has 2 heterocycles. The van der Waals surface area contributed by atoms with Crippen LogP contribution < -0.4 is 0 Å². The lowest BCUT2D eigenvalue weighted by molar-refractivity contribution is -0.152. The monoisotopic (exact) mass is 508 g/mol. The number of cyclic esters (lactones) is 1. The highest BCUT2D eigenvalue weighted by Crippen LogP contribution is 2.35. The van der Waals surface area contributed by atoms with Crippen molar-refractivity contribution in [3.05, 3.63) is 77.4 Å². The number of hydrogen-bond donors (Lipinski definition) is 2. The van der Waals surface area contributed by atoms with E-state index in [0.717, 1.165) is 6.07 Å². The number of carbonyl (C=O) groups excluding carboxylic acids is 2. The third kappa shape index (κ3) is 6.21. The molecular weight excluding hydrogens is 476 g/mol. The van der Waals surface area contributed by atoms with Gasteiger partial charge in [0.05, 0.1) is 11.7 Å². The Morgan fingerprint density at radius 3 is 2.51 bits per heavy atom. The molecule has 0 bridgehead atoms. The SMILES string of the molecule is C[C@@H]1/C=C\C(OC(=O)c2ccccc2)[C@H]2OC(C)(C)O[C@H]2C/C=C/c2cc(O)cc(O)c2C(=O)O[C@H]1C. The maximum absolute atomic E-state index is 13.0. The molecule has 196 valence electrons. The first-order valence-corrected chi connectivity index (χ1v) is 12.3. The molecule has 5 atom stereocenters. The van der Waals surface area contributed by atoms with Crippen molar-refractivity contribution in [2.24, 2.45) is 5.92 Å². The highest BCUT2D eigenvalue weighted by Gasteiger charge is 2.45. The number of benzene rings is 2. The van der Waals surface area contributed by atoms with Crippen molar-refractivity contribution < 1.29 is 38.7 Å². The summed E-state index contributed by atoms with van der Waals surface area (Å²) in [4.78, 5) is 25.9. The van der Waals surface area contributed by atoms with Crippen molar-refractivity contribution >= 4 is 18.0 Å². The van der Waals surface area contributed by atoms with Crippen molar-refractivity contribution in [1.29, 1.82) is 0 Å². The number of rotatable bonds is 2. The van der Waals surface area contributed by atoms with Crippen LogP contribution >= 0.6 is 0 Å². The first-order valence-electron chi connectivity index (χ1n) is 12.3. The summed E-state index contributed by atoms with van der Waals surface area (Å²) < 4.78 is 23.9. The van der Waals surface area contributed by atoms with Crippen LogP contribution in [0.3, 0.4) is 0 Å². The van der Waals surface area contributed by atoms with Crippen LogP contribution in [0.25, 0.3) is 6.08 Å². The van der Waals surface area contributed by atoms with Crippen molar-refractivity contribution in [2.45, 2.75) is 64.3 Å². The van der Waals surface area contributed by atoms with Crippen LogP contribution in [-0.4, -0.2) is 52.4 Å². The van der Waals surface area contributed by atoms with E-state index >= 15 is 0 Å². The normalized spacial score (nSPS) is 29.2. The van der Waals surface area contributed by atoms with E-state index in [4.69, 9.17) is 18.9 Å². The summed E-state index contributed by atoms with van der Waals surface area (Å²) in [6, 6.07) is 11.2. The van der Waals surface area contributed by atoms with Gasteiger partial charge >= 0.3 is 11.9 Å². The maximum atomic E-state index is 13.0. The Hall–Kier alpha value is -3.62. The Bertz CT molecular complexity index is 1200. The maximum Gasteiger partial charge on any atom is 0.342 e. The summed E-state index contributed by atoms with van der Waals surface area (Å²) in [5.74, 6) is -2.96. The van der Waals surface area contributed by atoms with Crippen molar-refractivity contribution in [2.75, 3.05) is 0 Å². The Labute approximate surface area is 216 Å². The van der Waals surface area contributed by atoms with Crippen molar-refractivity contribution in [3.8, 4) is 11.5 Å². The van der Waals surface area contributed by atoms with Crippen molar-refractivity contribution in [3.63, 3.8) is 0 Å². The fourth-order valence-electron chi connectivity index (χ4n) is 4.40. The zero-order valence-corrected chi connectivity index (χ0v) is 21.3. The van der Waals surface area contributed by atoms with E-state index in [9.17, 15) is 19.8 Å². The summed E-state index contributed by atoms with van der Waals surface area (Å²) >= 11 is 0. The third-order valence-corrected chi connectivity index (χ3v) is 6.44. The predicted octanol–water partition coefficient (Wildman–Crippen LogP) is 5.00. The van der Waals surface area contributed by atoms with Crippen LogP contribution in [0.2, 0.25) is 0 Å². The van der Waals surface area contributed by atoms with E-state index in [2.05, 4.69) is 0 Å². The molecule has 2 aliphatic rings. The highest BCUT2D eigenvalue weighted by molar-refractivity contribution is 5.97. The highest BCUT2D eigenvalue weighted by atomic mass is 16.8. The molecule has 8 nitrogen and oxygen atoms in total. The lowest BCUT2D eigenvalue weighted by Crippen LogP contribution is -2.37. The zero-order valence-electron chi connectivity index (χ0n) is 21.3. The molecule has 0 amide bonds. The summed E-state index contributed by atoms with van der Waals surface area (Å²) in [5.41, 5.74) is 0.678. The van der Waals surface area contributed by atoms with Crippen LogP contribution in [0.1, 0.15) is 60.4 Å². The fraction of sp³-hybridized carbons (Fsp3) is 0.379. The van der Waals surface area contributed by atoms with Gasteiger partial charge in [-0.05, 0) is 57.0 Å². The number of hydrogen-bond acceptors (Lipinski definition) is 8. The molecule has 0 aliphatic carbocycles. The van der Waals surface area contributed by atoms with Gasteiger partial charge in [0.1, 0.15) is 35.4 Å². The molecule has 4 rings (SSSR count). The molecule has 2 aromatic rings. The number of fused-ring (bicyclic) bond motifs is 2. The van der Waals surface area contributed by atoms with E-state index in [1.807, 2.05) is 19.1 Å². The van der Waals surface area contributed by atoms with E-state index < -0.39 is 42.1 Å². The fourth-order valence-corrected chi connectivity index (χ4v) is 4.40. The summed E-state index contributed by atoms with van der Waals surface area (Å²) in [7, 11) is 0. The number of carbonyl (C=O) groups is 2. The molecule has 2 N–H and O–H groups in total. The third-order valence-electron chi connectivity index (χ3n) is 6.44. The second-order valence-electron chi connectivity index (χ2n) is 9.80. The molecule has 1 saturated heterocycles. The molecule has 0 radical (unpaired) electrons. The molecule has 2 aliphatic heterocycles. The average Bonchev–Trinajstić information content (AvgIpc) is 3.14. The lowest BCUT2D eigenvalue weighted by atomic mass is 9.98. The van der Waals surface area contributed by atoms with E-state index in [0.29, 0.717) is 17.5 Å². The van der Waals surface area contributed by atoms with E-state index in [-0.39, 0.29) is 23.0 Å². The van der Waals surface area contributed by atoms with Crippen LogP contribution in [0.4, 0.5) is 0 Å². The summed E-state index contributed by atoms with van der Waals surface area (Å²) in [6.07, 6.45) is 4.82. The molecule has 0 spiro atoms. The van der Waals surface area contributed by atoms with Gasteiger partial charge in [0.25, 0.3) is 0 Å². The minimum Gasteiger partial charge on any atom is -0.508 e. The molecule has 1 unspecified atom stereocenters. The Balaban J connectivity index is 1.72. The average molecular weight is 509 g/mol. The Morgan fingerprint density at radius 1 is 1.05 bits per heavy atom. The van der Waals surface area contributed by atoms with Gasteiger partial charge in [-0.15, -0.1) is 0 Å². The second-order valence-corrected chi connectivity index (χ2v) is 9.80. The molecule has 2 aromatic carbocycles. The number of esters is 2. The second kappa shape index (κ2) is 10.8. The van der Waals surface area contributed by atoms with Gasteiger partial charge in [0.15, 0.2) is 5.79 Å². The first-order chi connectivity index (χ1) is 17.5. The number of phenolic OH excluding ortho intramolecular Hbond substituents is 2. The van der Waals surface area contributed by atoms with E-state index in [1.54, 1.807) is 63.3 Å². The molecule has 1 fully saturated rings. The van der Waals surface area contributed by atoms with Crippen molar-refractivity contribution in [1.82, 2.24) is 0 Å². The van der Waals surface area contributed by atoms with Gasteiger partial charge in [-0.2, -0.15) is 0 Å². The summed E-state index contributed by atoms with van der Waals surface area (Å²) in [5, 5.41) is 20.4. The Kier molecular flexibility index (Phi) is 7.71. The van der Waals surface area contributed by atoms with E-state index in [1.165, 1.54) is 6.07 Å². The van der Waals surface area contributed by atoms with Crippen LogP contribution in [0, 0.1) is 5.92 Å². The predicted molar refractivity (Wildman–Crippen MR) is 136 cm³/mol.